The number of anilines is 1. The van der Waals surface area contributed by atoms with Crippen molar-refractivity contribution in [2.75, 3.05) is 26.0 Å². The third-order valence-electron chi connectivity index (χ3n) is 5.38. The van der Waals surface area contributed by atoms with Crippen LogP contribution in [0.5, 0.6) is 5.75 Å². The standard InChI is InChI=1S/C21H30N4O5/c1-12(2)23-21(28)24-13-5-8-17-15(9-13)20(27)25(4)16-7-6-14(10-19(26)22-3)30-18(16)11-29-17/h5,8-9,12,14,16,18H,6-7,10-11H2,1-4H3,(H,22,26)(H2,23,24,28)/t14-,16+,18+/m1/s1. The first kappa shape index (κ1) is 21.9. The molecule has 9 nitrogen and oxygen atoms in total. The lowest BCUT2D eigenvalue weighted by Gasteiger charge is -2.42. The van der Waals surface area contributed by atoms with E-state index in [0.717, 1.165) is 6.42 Å². The Morgan fingerprint density at radius 2 is 2.03 bits per heavy atom. The fraction of sp³-hybridized carbons (Fsp3) is 0.571. The second-order valence-electron chi connectivity index (χ2n) is 8.01. The highest BCUT2D eigenvalue weighted by Crippen LogP contribution is 2.32. The van der Waals surface area contributed by atoms with Crippen LogP contribution in [0.2, 0.25) is 0 Å². The lowest BCUT2D eigenvalue weighted by atomic mass is 9.94. The van der Waals surface area contributed by atoms with Crippen molar-refractivity contribution in [1.29, 1.82) is 0 Å². The van der Waals surface area contributed by atoms with Crippen LogP contribution in [0.4, 0.5) is 10.5 Å². The molecule has 3 atom stereocenters. The molecule has 1 aromatic carbocycles. The minimum Gasteiger partial charge on any atom is -0.490 e. The maximum Gasteiger partial charge on any atom is 0.319 e. The molecule has 0 spiro atoms. The SMILES string of the molecule is CNC(=O)C[C@H]1CC[C@H]2[C@H](COc3ccc(NC(=O)NC(C)C)cc3C(=O)N2C)O1. The molecule has 4 amide bonds. The number of hydrogen-bond acceptors (Lipinski definition) is 5. The first-order chi connectivity index (χ1) is 14.3. The Kier molecular flexibility index (Phi) is 6.81. The maximum atomic E-state index is 13.2. The zero-order valence-corrected chi connectivity index (χ0v) is 17.9. The predicted octanol–water partition coefficient (Wildman–Crippen LogP) is 1.73. The minimum atomic E-state index is -0.333. The van der Waals surface area contributed by atoms with Crippen LogP contribution >= 0.6 is 0 Å². The summed E-state index contributed by atoms with van der Waals surface area (Å²) in [5, 5.41) is 8.11. The van der Waals surface area contributed by atoms with Gasteiger partial charge in [-0.15, -0.1) is 0 Å². The van der Waals surface area contributed by atoms with Gasteiger partial charge in [0, 0.05) is 25.8 Å². The number of likely N-dealkylation sites (N-methyl/N-ethyl adjacent to an activating group) is 1. The van der Waals surface area contributed by atoms with Crippen LogP contribution in [0.3, 0.4) is 0 Å². The number of fused-ring (bicyclic) bond motifs is 2. The highest BCUT2D eigenvalue weighted by molar-refractivity contribution is 5.99. The van der Waals surface area contributed by atoms with Crippen LogP contribution in [0.25, 0.3) is 0 Å². The Bertz CT molecular complexity index is 813. The monoisotopic (exact) mass is 418 g/mol. The van der Waals surface area contributed by atoms with Crippen molar-refractivity contribution in [3.8, 4) is 5.75 Å². The highest BCUT2D eigenvalue weighted by Gasteiger charge is 2.39. The van der Waals surface area contributed by atoms with Gasteiger partial charge in [-0.3, -0.25) is 9.59 Å². The molecule has 1 fully saturated rings. The average Bonchev–Trinajstić information content (AvgIpc) is 2.70. The first-order valence-corrected chi connectivity index (χ1v) is 10.3. The Labute approximate surface area is 176 Å². The second kappa shape index (κ2) is 9.34. The molecular weight excluding hydrogens is 388 g/mol. The smallest absolute Gasteiger partial charge is 0.319 e. The van der Waals surface area contributed by atoms with Gasteiger partial charge in [-0.25, -0.2) is 4.79 Å². The van der Waals surface area contributed by atoms with Crippen molar-refractivity contribution in [2.45, 2.75) is 57.4 Å². The van der Waals surface area contributed by atoms with Gasteiger partial charge in [0.05, 0.1) is 24.1 Å². The maximum absolute atomic E-state index is 13.2. The number of nitrogens with one attached hydrogen (secondary N) is 3. The third-order valence-corrected chi connectivity index (χ3v) is 5.38. The molecule has 1 aromatic rings. The number of nitrogens with zero attached hydrogens (tertiary/aromatic N) is 1. The zero-order chi connectivity index (χ0) is 21.8. The number of urea groups is 1. The van der Waals surface area contributed by atoms with Gasteiger partial charge in [-0.1, -0.05) is 0 Å². The van der Waals surface area contributed by atoms with E-state index in [2.05, 4.69) is 16.0 Å². The molecule has 0 radical (unpaired) electrons. The van der Waals surface area contributed by atoms with Crippen molar-refractivity contribution in [3.05, 3.63) is 23.8 Å². The minimum absolute atomic E-state index is 0.000834. The average molecular weight is 418 g/mol. The molecule has 30 heavy (non-hydrogen) atoms. The molecule has 0 saturated carbocycles. The number of carbonyl (C=O) groups is 3. The van der Waals surface area contributed by atoms with Gasteiger partial charge in [0.1, 0.15) is 18.5 Å². The Balaban J connectivity index is 1.76. The Hall–Kier alpha value is -2.81. The number of ether oxygens (including phenoxy) is 2. The summed E-state index contributed by atoms with van der Waals surface area (Å²) in [6, 6.07) is 4.53. The summed E-state index contributed by atoms with van der Waals surface area (Å²) in [6.07, 6.45) is 1.20. The lowest BCUT2D eigenvalue weighted by Crippen LogP contribution is -2.53. The molecule has 3 rings (SSSR count). The van der Waals surface area contributed by atoms with Gasteiger partial charge < -0.3 is 30.3 Å². The van der Waals surface area contributed by atoms with E-state index >= 15 is 0 Å². The molecule has 0 bridgehead atoms. The van der Waals surface area contributed by atoms with Gasteiger partial charge >= 0.3 is 6.03 Å². The van der Waals surface area contributed by atoms with E-state index in [1.807, 2.05) is 13.8 Å². The van der Waals surface area contributed by atoms with Crippen molar-refractivity contribution < 1.29 is 23.9 Å². The molecule has 1 saturated heterocycles. The summed E-state index contributed by atoms with van der Waals surface area (Å²) in [5.74, 6) is 0.180. The summed E-state index contributed by atoms with van der Waals surface area (Å²) in [6.45, 7) is 4.02. The van der Waals surface area contributed by atoms with E-state index in [0.29, 0.717) is 29.8 Å². The number of amides is 4. The topological polar surface area (TPSA) is 109 Å². The van der Waals surface area contributed by atoms with Crippen molar-refractivity contribution >= 4 is 23.5 Å². The number of carbonyl (C=O) groups excluding carboxylic acids is 3. The van der Waals surface area contributed by atoms with Crippen molar-refractivity contribution in [1.82, 2.24) is 15.5 Å². The van der Waals surface area contributed by atoms with Crippen LogP contribution in [0.1, 0.15) is 43.5 Å². The quantitative estimate of drug-likeness (QED) is 0.690. The predicted molar refractivity (Wildman–Crippen MR) is 112 cm³/mol. The van der Waals surface area contributed by atoms with Gasteiger partial charge in [-0.2, -0.15) is 0 Å². The van der Waals surface area contributed by atoms with Crippen LogP contribution in [-0.2, 0) is 9.53 Å². The zero-order valence-electron chi connectivity index (χ0n) is 17.9. The van der Waals surface area contributed by atoms with Crippen LogP contribution in [-0.4, -0.2) is 67.7 Å². The van der Waals surface area contributed by atoms with Crippen LogP contribution < -0.4 is 20.7 Å². The molecule has 2 aliphatic heterocycles. The van der Waals surface area contributed by atoms with Gasteiger partial charge in [0.2, 0.25) is 5.91 Å². The van der Waals surface area contributed by atoms with E-state index in [4.69, 9.17) is 9.47 Å². The molecule has 2 heterocycles. The third kappa shape index (κ3) is 5.02. The van der Waals surface area contributed by atoms with E-state index < -0.39 is 0 Å². The number of rotatable bonds is 4. The number of hydrogen-bond donors (Lipinski definition) is 3. The first-order valence-electron chi connectivity index (χ1n) is 10.3. The molecular formula is C21H30N4O5. The van der Waals surface area contributed by atoms with Gasteiger partial charge in [0.25, 0.3) is 5.91 Å². The molecule has 9 heteroatoms. The molecule has 3 N–H and O–H groups in total. The molecule has 2 aliphatic rings. The summed E-state index contributed by atoms with van der Waals surface area (Å²) in [7, 11) is 3.36. The molecule has 0 aromatic heterocycles. The van der Waals surface area contributed by atoms with E-state index in [1.54, 1.807) is 37.2 Å². The fourth-order valence-electron chi connectivity index (χ4n) is 3.84. The van der Waals surface area contributed by atoms with Gasteiger partial charge in [-0.05, 0) is 44.9 Å². The number of benzene rings is 1. The van der Waals surface area contributed by atoms with Crippen molar-refractivity contribution in [2.24, 2.45) is 0 Å². The highest BCUT2D eigenvalue weighted by atomic mass is 16.5. The molecule has 164 valence electrons. The van der Waals surface area contributed by atoms with Crippen LogP contribution in [0, 0.1) is 0 Å². The summed E-state index contributed by atoms with van der Waals surface area (Å²) < 4.78 is 12.0. The normalized spacial score (nSPS) is 23.4. The van der Waals surface area contributed by atoms with Crippen LogP contribution in [0.15, 0.2) is 18.2 Å². The van der Waals surface area contributed by atoms with Gasteiger partial charge in [0.15, 0.2) is 0 Å². The summed E-state index contributed by atoms with van der Waals surface area (Å²) >= 11 is 0. The van der Waals surface area contributed by atoms with E-state index in [1.165, 1.54) is 0 Å². The molecule has 0 unspecified atom stereocenters. The molecule has 0 aliphatic carbocycles. The summed E-state index contributed by atoms with van der Waals surface area (Å²) in [5.41, 5.74) is 0.908. The summed E-state index contributed by atoms with van der Waals surface area (Å²) in [4.78, 5) is 38.5. The fourth-order valence-corrected chi connectivity index (χ4v) is 3.84. The second-order valence-corrected chi connectivity index (χ2v) is 8.01. The van der Waals surface area contributed by atoms with E-state index in [-0.39, 0.29) is 48.7 Å². The van der Waals surface area contributed by atoms with E-state index in [9.17, 15) is 14.4 Å². The lowest BCUT2D eigenvalue weighted by molar-refractivity contribution is -0.133. The van der Waals surface area contributed by atoms with Crippen molar-refractivity contribution in [3.63, 3.8) is 0 Å². The Morgan fingerprint density at radius 3 is 2.73 bits per heavy atom. The largest absolute Gasteiger partial charge is 0.490 e. The Morgan fingerprint density at radius 1 is 1.27 bits per heavy atom.